The highest BCUT2D eigenvalue weighted by Crippen LogP contribution is 2.41. The molecule has 1 aliphatic rings. The molecule has 1 saturated carbocycles. The van der Waals surface area contributed by atoms with Gasteiger partial charge in [-0.3, -0.25) is 5.10 Å². The number of nitrogens with two attached hydrogens (primary N) is 1. The Morgan fingerprint density at radius 2 is 2.32 bits per heavy atom. The smallest absolute Gasteiger partial charge is 0.187 e. The Hall–Kier alpha value is -1.61. The summed E-state index contributed by atoms with van der Waals surface area (Å²) in [4.78, 5) is 0.156. The topological polar surface area (TPSA) is 114 Å². The van der Waals surface area contributed by atoms with Gasteiger partial charge in [0, 0.05) is 18.3 Å². The van der Waals surface area contributed by atoms with Gasteiger partial charge in [-0.25, -0.2) is 8.42 Å². The third kappa shape index (κ3) is 2.30. The molecule has 4 N–H and O–H groups in total. The lowest BCUT2D eigenvalue weighted by atomic mass is 10.4. The second kappa shape index (κ2) is 4.49. The summed E-state index contributed by atoms with van der Waals surface area (Å²) in [5.74, 6) is 0.0894. The van der Waals surface area contributed by atoms with E-state index in [-0.39, 0.29) is 16.0 Å². The molecular formula is C10H13N5O2S2. The summed E-state index contributed by atoms with van der Waals surface area (Å²) in [6.45, 7) is 0.477. The van der Waals surface area contributed by atoms with Crippen LogP contribution in [0.2, 0.25) is 0 Å². The van der Waals surface area contributed by atoms with E-state index in [0.29, 0.717) is 24.4 Å². The summed E-state index contributed by atoms with van der Waals surface area (Å²) in [5.41, 5.74) is 6.64. The van der Waals surface area contributed by atoms with Crippen LogP contribution in [0.5, 0.6) is 0 Å². The van der Waals surface area contributed by atoms with Crippen LogP contribution in [0.3, 0.4) is 0 Å². The summed E-state index contributed by atoms with van der Waals surface area (Å²) >= 11 is 1.07. The van der Waals surface area contributed by atoms with Gasteiger partial charge >= 0.3 is 0 Å². The zero-order valence-electron chi connectivity index (χ0n) is 9.96. The first-order valence-corrected chi connectivity index (χ1v) is 8.11. The summed E-state index contributed by atoms with van der Waals surface area (Å²) < 4.78 is 28.5. The molecule has 2 heterocycles. The van der Waals surface area contributed by atoms with Gasteiger partial charge < -0.3 is 11.1 Å². The Bertz CT molecular complexity index is 673. The SMILES string of the molecule is Nc1nsc(NCc2cn[nH]c2)c1S(=O)(=O)C1CC1. The van der Waals surface area contributed by atoms with Crippen molar-refractivity contribution in [1.29, 1.82) is 0 Å². The van der Waals surface area contributed by atoms with Crippen LogP contribution >= 0.6 is 11.5 Å². The predicted octanol–water partition coefficient (Wildman–Crippen LogP) is 0.997. The Labute approximate surface area is 114 Å². The first-order chi connectivity index (χ1) is 9.09. The van der Waals surface area contributed by atoms with Crippen LogP contribution < -0.4 is 11.1 Å². The largest absolute Gasteiger partial charge is 0.382 e. The van der Waals surface area contributed by atoms with Gasteiger partial charge in [-0.15, -0.1) is 0 Å². The highest BCUT2D eigenvalue weighted by atomic mass is 32.2. The van der Waals surface area contributed by atoms with Gasteiger partial charge in [0.15, 0.2) is 15.7 Å². The molecular weight excluding hydrogens is 286 g/mol. The number of rotatable bonds is 5. The molecule has 0 radical (unpaired) electrons. The Balaban J connectivity index is 1.86. The van der Waals surface area contributed by atoms with E-state index in [1.54, 1.807) is 12.4 Å². The minimum atomic E-state index is -3.34. The van der Waals surface area contributed by atoms with Crippen molar-refractivity contribution in [2.24, 2.45) is 0 Å². The average molecular weight is 299 g/mol. The number of nitrogens with one attached hydrogen (secondary N) is 2. The molecule has 2 aromatic heterocycles. The van der Waals surface area contributed by atoms with Crippen LogP contribution in [0.4, 0.5) is 10.8 Å². The molecule has 0 spiro atoms. The number of nitrogen functional groups attached to an aromatic ring is 1. The quantitative estimate of drug-likeness (QED) is 0.759. The number of hydrogen-bond acceptors (Lipinski definition) is 7. The van der Waals surface area contributed by atoms with Crippen LogP contribution in [0.25, 0.3) is 0 Å². The van der Waals surface area contributed by atoms with E-state index in [9.17, 15) is 8.42 Å². The molecule has 0 bridgehead atoms. The van der Waals surface area contributed by atoms with Crippen LogP contribution in [0.15, 0.2) is 17.3 Å². The summed E-state index contributed by atoms with van der Waals surface area (Å²) in [5, 5.41) is 9.80. The minimum absolute atomic E-state index is 0.0894. The number of hydrogen-bond donors (Lipinski definition) is 3. The number of aromatic amines is 1. The van der Waals surface area contributed by atoms with E-state index in [4.69, 9.17) is 5.73 Å². The van der Waals surface area contributed by atoms with Gasteiger partial charge in [0.05, 0.1) is 11.4 Å². The fourth-order valence-electron chi connectivity index (χ4n) is 1.78. The normalized spacial score (nSPS) is 15.6. The summed E-state index contributed by atoms with van der Waals surface area (Å²) in [6, 6.07) is 0. The highest BCUT2D eigenvalue weighted by Gasteiger charge is 2.40. The van der Waals surface area contributed by atoms with Gasteiger partial charge in [-0.2, -0.15) is 9.47 Å². The lowest BCUT2D eigenvalue weighted by Crippen LogP contribution is -2.11. The second-order valence-corrected chi connectivity index (χ2v) is 7.37. The maximum absolute atomic E-state index is 12.3. The van der Waals surface area contributed by atoms with E-state index in [1.165, 1.54) is 0 Å². The fourth-order valence-corrected chi connectivity index (χ4v) is 4.66. The highest BCUT2D eigenvalue weighted by molar-refractivity contribution is 7.92. The average Bonchev–Trinajstić information content (AvgIpc) is 2.99. The van der Waals surface area contributed by atoms with Crippen molar-refractivity contribution in [2.45, 2.75) is 29.5 Å². The number of aromatic nitrogens is 3. The van der Waals surface area contributed by atoms with Gasteiger partial charge in [0.1, 0.15) is 9.90 Å². The zero-order valence-corrected chi connectivity index (χ0v) is 11.6. The van der Waals surface area contributed by atoms with E-state index >= 15 is 0 Å². The molecule has 2 aromatic rings. The van der Waals surface area contributed by atoms with Crippen molar-refractivity contribution in [3.05, 3.63) is 18.0 Å². The number of sulfone groups is 1. The van der Waals surface area contributed by atoms with E-state index in [0.717, 1.165) is 17.1 Å². The number of nitrogens with zero attached hydrogens (tertiary/aromatic N) is 2. The second-order valence-electron chi connectivity index (χ2n) is 4.43. The zero-order chi connectivity index (χ0) is 13.5. The standard InChI is InChI=1S/C10H13N5O2S2/c11-9-8(19(16,17)7-1-2-7)10(18-15-9)12-3-6-4-13-14-5-6/h4-5,7,12H,1-3H2,(H2,11,15)(H,13,14). The Morgan fingerprint density at radius 1 is 1.53 bits per heavy atom. The van der Waals surface area contributed by atoms with Gasteiger partial charge in [0.2, 0.25) is 0 Å². The van der Waals surface area contributed by atoms with Crippen LogP contribution in [0.1, 0.15) is 18.4 Å². The van der Waals surface area contributed by atoms with Crippen LogP contribution in [-0.4, -0.2) is 28.2 Å². The van der Waals surface area contributed by atoms with Gasteiger partial charge in [0.25, 0.3) is 0 Å². The molecule has 0 aromatic carbocycles. The first-order valence-electron chi connectivity index (χ1n) is 5.79. The van der Waals surface area contributed by atoms with E-state index < -0.39 is 9.84 Å². The molecule has 3 rings (SSSR count). The maximum Gasteiger partial charge on any atom is 0.187 e. The minimum Gasteiger partial charge on any atom is -0.382 e. The van der Waals surface area contributed by atoms with E-state index in [2.05, 4.69) is 19.9 Å². The Morgan fingerprint density at radius 3 is 2.95 bits per heavy atom. The number of anilines is 2. The fraction of sp³-hybridized carbons (Fsp3) is 0.400. The lowest BCUT2D eigenvalue weighted by molar-refractivity contribution is 0.595. The van der Waals surface area contributed by atoms with Crippen molar-refractivity contribution in [3.63, 3.8) is 0 Å². The molecule has 1 fully saturated rings. The van der Waals surface area contributed by atoms with Crippen molar-refractivity contribution in [3.8, 4) is 0 Å². The maximum atomic E-state index is 12.3. The van der Waals surface area contributed by atoms with Crippen molar-refractivity contribution in [1.82, 2.24) is 14.6 Å². The van der Waals surface area contributed by atoms with Gasteiger partial charge in [-0.05, 0) is 24.4 Å². The summed E-state index contributed by atoms with van der Waals surface area (Å²) in [6.07, 6.45) is 4.83. The van der Waals surface area contributed by atoms with Gasteiger partial charge in [-0.1, -0.05) is 0 Å². The molecule has 19 heavy (non-hydrogen) atoms. The molecule has 102 valence electrons. The molecule has 7 nitrogen and oxygen atoms in total. The molecule has 0 aliphatic heterocycles. The number of H-pyrrole nitrogens is 1. The third-order valence-electron chi connectivity index (χ3n) is 2.93. The molecule has 0 atom stereocenters. The molecule has 1 aliphatic carbocycles. The molecule has 0 amide bonds. The molecule has 0 saturated heterocycles. The molecule has 9 heteroatoms. The van der Waals surface area contributed by atoms with Crippen molar-refractivity contribution >= 4 is 32.2 Å². The molecule has 0 unspecified atom stereocenters. The first kappa shape index (κ1) is 12.4. The monoisotopic (exact) mass is 299 g/mol. The Kier molecular flexibility index (Phi) is 2.94. The van der Waals surface area contributed by atoms with Crippen LogP contribution in [-0.2, 0) is 16.4 Å². The third-order valence-corrected chi connectivity index (χ3v) is 6.21. The summed E-state index contributed by atoms with van der Waals surface area (Å²) in [7, 11) is -3.34. The van der Waals surface area contributed by atoms with Crippen LogP contribution in [0, 0.1) is 0 Å². The predicted molar refractivity (Wildman–Crippen MR) is 72.6 cm³/mol. The van der Waals surface area contributed by atoms with Crippen molar-refractivity contribution in [2.75, 3.05) is 11.1 Å². The van der Waals surface area contributed by atoms with E-state index in [1.807, 2.05) is 0 Å². The lowest BCUT2D eigenvalue weighted by Gasteiger charge is -2.06. The van der Waals surface area contributed by atoms with Crippen molar-refractivity contribution < 1.29 is 8.42 Å².